The maximum absolute atomic E-state index is 14.6. The zero-order chi connectivity index (χ0) is 27.8. The number of amides is 2. The van der Waals surface area contributed by atoms with E-state index in [-0.39, 0.29) is 18.4 Å². The van der Waals surface area contributed by atoms with Crippen molar-refractivity contribution in [3.63, 3.8) is 0 Å². The molecular weight excluding hydrogens is 509 g/mol. The van der Waals surface area contributed by atoms with Crippen molar-refractivity contribution in [1.29, 1.82) is 0 Å². The van der Waals surface area contributed by atoms with Crippen LogP contribution in [-0.2, 0) is 6.54 Å². The third-order valence-corrected chi connectivity index (χ3v) is 7.16. The molecule has 0 saturated carbocycles. The van der Waals surface area contributed by atoms with Crippen molar-refractivity contribution < 1.29 is 18.7 Å². The second-order valence-corrected chi connectivity index (χ2v) is 9.52. The number of carbonyl (C=O) groups excluding carboxylic acids is 1. The average Bonchev–Trinajstić information content (AvgIpc) is 3.53. The van der Waals surface area contributed by atoms with E-state index in [2.05, 4.69) is 5.32 Å². The Hall–Kier alpha value is -5.05. The molecule has 0 spiro atoms. The van der Waals surface area contributed by atoms with Gasteiger partial charge >= 0.3 is 6.03 Å². The number of ether oxygens (including phenoxy) is 2. The number of methoxy groups -OCH3 is 2. The van der Waals surface area contributed by atoms with Crippen molar-refractivity contribution in [3.8, 4) is 23.0 Å². The first kappa shape index (κ1) is 25.2. The Labute approximate surface area is 231 Å². The highest BCUT2D eigenvalue weighted by Gasteiger charge is 2.36. The number of benzene rings is 3. The van der Waals surface area contributed by atoms with Crippen LogP contribution in [-0.4, -0.2) is 39.5 Å². The van der Waals surface area contributed by atoms with Gasteiger partial charge in [-0.2, -0.15) is 5.10 Å². The Balaban J connectivity index is 1.52. The smallest absolute Gasteiger partial charge is 0.323 e. The maximum Gasteiger partial charge on any atom is 0.323 e. The van der Waals surface area contributed by atoms with Gasteiger partial charge in [0.1, 0.15) is 23.1 Å². The lowest BCUT2D eigenvalue weighted by molar-refractivity contribution is 0.194. The number of halogens is 1. The number of urea groups is 1. The van der Waals surface area contributed by atoms with E-state index in [0.717, 1.165) is 28.5 Å². The molecule has 1 unspecified atom stereocenters. The molecule has 3 heterocycles. The van der Waals surface area contributed by atoms with Crippen molar-refractivity contribution in [2.75, 3.05) is 19.5 Å². The van der Waals surface area contributed by atoms with Gasteiger partial charge in [-0.3, -0.25) is 0 Å². The zero-order valence-electron chi connectivity index (χ0n) is 22.3. The summed E-state index contributed by atoms with van der Waals surface area (Å²) < 4.78 is 29.3. The van der Waals surface area contributed by atoms with Crippen molar-refractivity contribution in [3.05, 3.63) is 119 Å². The molecule has 0 saturated heterocycles. The molecule has 5 aromatic rings. The van der Waals surface area contributed by atoms with Crippen LogP contribution in [0.2, 0.25) is 0 Å². The molecule has 6 rings (SSSR count). The lowest BCUT2D eigenvalue weighted by Gasteiger charge is -2.31. The minimum Gasteiger partial charge on any atom is -0.497 e. The predicted octanol–water partition coefficient (Wildman–Crippen LogP) is 6.26. The Morgan fingerprint density at radius 3 is 2.55 bits per heavy atom. The van der Waals surface area contributed by atoms with Crippen LogP contribution in [0.25, 0.3) is 11.5 Å². The number of nitrogens with zero attached hydrogens (tertiary/aromatic N) is 4. The Morgan fingerprint density at radius 1 is 0.975 bits per heavy atom. The number of aryl methyl sites for hydroxylation is 1. The van der Waals surface area contributed by atoms with Gasteiger partial charge in [0.2, 0.25) is 0 Å². The average molecular weight is 538 g/mol. The number of carbonyl (C=O) groups is 1. The number of aromatic nitrogens is 3. The summed E-state index contributed by atoms with van der Waals surface area (Å²) in [5.41, 5.74) is 4.52. The summed E-state index contributed by atoms with van der Waals surface area (Å²) >= 11 is 0. The maximum atomic E-state index is 14.6. The molecule has 9 heteroatoms. The normalized spacial score (nSPS) is 14.2. The van der Waals surface area contributed by atoms with E-state index in [0.29, 0.717) is 22.7 Å². The number of para-hydroxylation sites is 1. The van der Waals surface area contributed by atoms with E-state index in [1.165, 1.54) is 19.2 Å². The van der Waals surface area contributed by atoms with E-state index in [9.17, 15) is 9.18 Å². The van der Waals surface area contributed by atoms with Crippen LogP contribution in [0.4, 0.5) is 14.9 Å². The number of fused-ring (bicyclic) bond motifs is 3. The molecule has 1 N–H and O–H groups in total. The summed E-state index contributed by atoms with van der Waals surface area (Å²) in [4.78, 5) is 15.8. The Morgan fingerprint density at radius 2 is 1.80 bits per heavy atom. The molecule has 3 aromatic carbocycles. The molecule has 0 fully saturated rings. The highest BCUT2D eigenvalue weighted by molar-refractivity contribution is 5.92. The third-order valence-electron chi connectivity index (χ3n) is 7.16. The second kappa shape index (κ2) is 10.3. The standard InChI is InChI=1S/C31H28FN5O3/c1-20-25-19-36(31(38)33-26-15-14-24(39-2)18-28(26)40-3)29(21-9-7-10-22(32)17-21)27-13-8-16-35(27)30(25)37(34-20)23-11-5-4-6-12-23/h4-18,29H,19H2,1-3H3,(H,33,38). The quantitative estimate of drug-likeness (QED) is 0.287. The summed E-state index contributed by atoms with van der Waals surface area (Å²) in [5, 5.41) is 7.87. The lowest BCUT2D eigenvalue weighted by atomic mass is 10.0. The van der Waals surface area contributed by atoms with Gasteiger partial charge in [0.25, 0.3) is 0 Å². The van der Waals surface area contributed by atoms with Gasteiger partial charge in [-0.25, -0.2) is 13.9 Å². The van der Waals surface area contributed by atoms with Crippen LogP contribution >= 0.6 is 0 Å². The first-order chi connectivity index (χ1) is 19.5. The topological polar surface area (TPSA) is 73.5 Å². The Kier molecular flexibility index (Phi) is 6.47. The molecule has 0 radical (unpaired) electrons. The predicted molar refractivity (Wildman–Crippen MR) is 150 cm³/mol. The largest absolute Gasteiger partial charge is 0.497 e. The van der Waals surface area contributed by atoms with E-state index in [4.69, 9.17) is 14.6 Å². The van der Waals surface area contributed by atoms with Crippen LogP contribution in [0.15, 0.2) is 91.1 Å². The molecule has 1 aliphatic rings. The fourth-order valence-electron chi connectivity index (χ4n) is 5.27. The fraction of sp³-hybridized carbons (Fsp3) is 0.161. The summed E-state index contributed by atoms with van der Waals surface area (Å²) in [6, 6.07) is 24.4. The number of hydrogen-bond acceptors (Lipinski definition) is 4. The highest BCUT2D eigenvalue weighted by atomic mass is 19.1. The van der Waals surface area contributed by atoms with Crippen LogP contribution in [0.3, 0.4) is 0 Å². The molecule has 0 aliphatic carbocycles. The number of anilines is 1. The Bertz CT molecular complexity index is 1690. The molecule has 40 heavy (non-hydrogen) atoms. The SMILES string of the molecule is COc1ccc(NC(=O)N2Cc3c(C)nn(-c4ccccc4)c3-n3cccc3C2c2cccc(F)c2)c(OC)c1. The minimum absolute atomic E-state index is 0.237. The van der Waals surface area contributed by atoms with Crippen molar-refractivity contribution in [2.45, 2.75) is 19.5 Å². The minimum atomic E-state index is -0.592. The van der Waals surface area contributed by atoms with Crippen LogP contribution in [0, 0.1) is 12.7 Å². The molecule has 8 nitrogen and oxygen atoms in total. The monoisotopic (exact) mass is 537 g/mol. The van der Waals surface area contributed by atoms with Crippen LogP contribution < -0.4 is 14.8 Å². The first-order valence-electron chi connectivity index (χ1n) is 12.8. The van der Waals surface area contributed by atoms with Gasteiger partial charge in [0.15, 0.2) is 0 Å². The van der Waals surface area contributed by atoms with E-state index in [1.807, 2.05) is 70.9 Å². The van der Waals surface area contributed by atoms with Crippen molar-refractivity contribution >= 4 is 11.7 Å². The van der Waals surface area contributed by atoms with Crippen LogP contribution in [0.1, 0.15) is 28.6 Å². The lowest BCUT2D eigenvalue weighted by Crippen LogP contribution is -2.38. The van der Waals surface area contributed by atoms with E-state index in [1.54, 1.807) is 36.3 Å². The summed E-state index contributed by atoms with van der Waals surface area (Å²) in [6.45, 7) is 2.17. The molecule has 2 amide bonds. The van der Waals surface area contributed by atoms with Gasteiger partial charge in [-0.1, -0.05) is 30.3 Å². The third kappa shape index (κ3) is 4.35. The second-order valence-electron chi connectivity index (χ2n) is 9.52. The summed E-state index contributed by atoms with van der Waals surface area (Å²) in [6.07, 6.45) is 1.95. The van der Waals surface area contributed by atoms with Gasteiger partial charge in [0.05, 0.1) is 49.6 Å². The molecular formula is C31H28FN5O3. The van der Waals surface area contributed by atoms with Gasteiger partial charge in [-0.15, -0.1) is 0 Å². The molecule has 202 valence electrons. The van der Waals surface area contributed by atoms with Crippen molar-refractivity contribution in [1.82, 2.24) is 19.2 Å². The first-order valence-corrected chi connectivity index (χ1v) is 12.8. The molecule has 0 bridgehead atoms. The molecule has 2 aromatic heterocycles. The zero-order valence-corrected chi connectivity index (χ0v) is 22.3. The number of nitrogens with one attached hydrogen (secondary N) is 1. The van der Waals surface area contributed by atoms with Gasteiger partial charge < -0.3 is 24.3 Å². The van der Waals surface area contributed by atoms with Crippen LogP contribution in [0.5, 0.6) is 11.5 Å². The molecule has 1 atom stereocenters. The summed E-state index contributed by atoms with van der Waals surface area (Å²) in [5.74, 6) is 1.53. The number of rotatable bonds is 5. The van der Waals surface area contributed by atoms with E-state index < -0.39 is 6.04 Å². The highest BCUT2D eigenvalue weighted by Crippen LogP contribution is 2.39. The fourth-order valence-corrected chi connectivity index (χ4v) is 5.27. The van der Waals surface area contributed by atoms with Gasteiger partial charge in [-0.05, 0) is 61.0 Å². The van der Waals surface area contributed by atoms with Crippen molar-refractivity contribution in [2.24, 2.45) is 0 Å². The summed E-state index contributed by atoms with van der Waals surface area (Å²) in [7, 11) is 3.10. The molecule has 1 aliphatic heterocycles. The number of hydrogen-bond donors (Lipinski definition) is 1. The van der Waals surface area contributed by atoms with Gasteiger partial charge in [0, 0.05) is 17.8 Å². The van der Waals surface area contributed by atoms with E-state index >= 15 is 0 Å².